The summed E-state index contributed by atoms with van der Waals surface area (Å²) < 4.78 is 54.9. The van der Waals surface area contributed by atoms with Gasteiger partial charge in [0.1, 0.15) is 21.7 Å². The van der Waals surface area contributed by atoms with Gasteiger partial charge in [-0.1, -0.05) is 30.3 Å². The van der Waals surface area contributed by atoms with Crippen LogP contribution in [0.4, 0.5) is 5.69 Å². The third-order valence-corrected chi connectivity index (χ3v) is 14.7. The van der Waals surface area contributed by atoms with E-state index in [4.69, 9.17) is 18.9 Å². The van der Waals surface area contributed by atoms with Gasteiger partial charge in [-0.05, 0) is 63.9 Å². The van der Waals surface area contributed by atoms with Crippen molar-refractivity contribution in [2.45, 2.75) is 90.6 Å². The van der Waals surface area contributed by atoms with Gasteiger partial charge in [0, 0.05) is 63.1 Å². The van der Waals surface area contributed by atoms with Gasteiger partial charge in [-0.2, -0.15) is 0 Å². The molecule has 268 valence electrons. The molecular formula is C37H45N3O9S. The average Bonchev–Trinajstić information content (AvgIpc) is 3.55. The first-order valence-electron chi connectivity index (χ1n) is 17.3. The SMILES string of the molecule is CO[C@H]1C[C@]2(O)C3CC4C(C)(OC(=O)c5ccccc5NS(=O)(=O)c5cccc6cccnc56)CC[C@H](OC)C4(C4C[C@H]1[C@H](OC)[C@@]42O)N3C. The number of benzene rings is 2. The van der Waals surface area contributed by atoms with E-state index >= 15 is 0 Å². The summed E-state index contributed by atoms with van der Waals surface area (Å²) in [6.07, 6.45) is 2.53. The van der Waals surface area contributed by atoms with Crippen LogP contribution in [-0.2, 0) is 29.0 Å². The number of anilines is 1. The number of hydrogen-bond donors (Lipinski definition) is 3. The summed E-state index contributed by atoms with van der Waals surface area (Å²) in [5, 5.41) is 26.2. The number of pyridine rings is 1. The Morgan fingerprint density at radius 1 is 0.980 bits per heavy atom. The van der Waals surface area contributed by atoms with E-state index in [0.717, 1.165) is 0 Å². The van der Waals surface area contributed by atoms with E-state index in [1.54, 1.807) is 63.8 Å². The molecule has 0 amide bonds. The van der Waals surface area contributed by atoms with Gasteiger partial charge in [0.05, 0.1) is 40.6 Å². The molecule has 3 saturated carbocycles. The first-order valence-corrected chi connectivity index (χ1v) is 18.7. The number of para-hydroxylation sites is 2. The van der Waals surface area contributed by atoms with Crippen molar-refractivity contribution >= 4 is 32.6 Å². The van der Waals surface area contributed by atoms with Gasteiger partial charge in [-0.25, -0.2) is 13.2 Å². The number of carbonyl (C=O) groups is 1. The maximum Gasteiger partial charge on any atom is 0.340 e. The zero-order valence-electron chi connectivity index (χ0n) is 28.9. The summed E-state index contributed by atoms with van der Waals surface area (Å²) in [6.45, 7) is 1.92. The summed E-state index contributed by atoms with van der Waals surface area (Å²) >= 11 is 0. The number of esters is 1. The average molecular weight is 708 g/mol. The van der Waals surface area contributed by atoms with Gasteiger partial charge < -0.3 is 29.2 Å². The van der Waals surface area contributed by atoms with E-state index in [2.05, 4.69) is 14.6 Å². The van der Waals surface area contributed by atoms with E-state index in [-0.39, 0.29) is 46.6 Å². The molecule has 3 aromatic rings. The van der Waals surface area contributed by atoms with Crippen LogP contribution in [0.5, 0.6) is 0 Å². The Morgan fingerprint density at radius 3 is 2.48 bits per heavy atom. The number of hydrogen-bond acceptors (Lipinski definition) is 11. The Bertz CT molecular complexity index is 1960. The Labute approximate surface area is 292 Å². The molecule has 1 spiro atoms. The maximum atomic E-state index is 14.3. The predicted molar refractivity (Wildman–Crippen MR) is 183 cm³/mol. The van der Waals surface area contributed by atoms with Crippen LogP contribution in [0.15, 0.2) is 65.7 Å². The number of methoxy groups -OCH3 is 3. The largest absolute Gasteiger partial charge is 0.455 e. The molecule has 50 heavy (non-hydrogen) atoms. The minimum absolute atomic E-state index is 0.00631. The van der Waals surface area contributed by atoms with Crippen LogP contribution in [0.25, 0.3) is 10.9 Å². The molecule has 2 aromatic carbocycles. The lowest BCUT2D eigenvalue weighted by Crippen LogP contribution is -2.83. The minimum atomic E-state index is -4.15. The molecule has 0 radical (unpaired) electrons. The van der Waals surface area contributed by atoms with Crippen molar-refractivity contribution < 1.29 is 42.4 Å². The second-order valence-electron chi connectivity index (χ2n) is 15.1. The Kier molecular flexibility index (Phi) is 7.75. The highest BCUT2D eigenvalue weighted by Crippen LogP contribution is 2.72. The van der Waals surface area contributed by atoms with E-state index < -0.39 is 56.4 Å². The molecule has 3 heterocycles. The molecule has 5 fully saturated rings. The number of aliphatic hydroxyl groups is 2. The predicted octanol–water partition coefficient (Wildman–Crippen LogP) is 3.36. The molecule has 3 aliphatic carbocycles. The topological polar surface area (TPSA) is 157 Å². The van der Waals surface area contributed by atoms with Gasteiger partial charge in [0.15, 0.2) is 0 Å². The van der Waals surface area contributed by atoms with Crippen LogP contribution in [-0.4, -0.2) is 110 Å². The molecule has 13 heteroatoms. The van der Waals surface area contributed by atoms with Crippen LogP contribution in [0, 0.1) is 17.8 Å². The molecule has 3 N–H and O–H groups in total. The molecule has 2 saturated heterocycles. The van der Waals surface area contributed by atoms with Gasteiger partial charge in [0.25, 0.3) is 10.0 Å². The third-order valence-electron chi connectivity index (χ3n) is 13.3. The number of likely N-dealkylation sites (N-methyl/N-ethyl adjacent to an activating group) is 1. The molecule has 11 atom stereocenters. The number of nitrogens with one attached hydrogen (secondary N) is 1. The Hall–Kier alpha value is -3.17. The molecule has 1 aromatic heterocycles. The van der Waals surface area contributed by atoms with Crippen LogP contribution in [0.1, 0.15) is 49.4 Å². The van der Waals surface area contributed by atoms with Crippen LogP contribution in [0.2, 0.25) is 0 Å². The number of carbonyl (C=O) groups excluding carboxylic acids is 1. The number of nitrogens with zero attached hydrogens (tertiary/aromatic N) is 2. The van der Waals surface area contributed by atoms with Crippen molar-refractivity contribution in [2.75, 3.05) is 33.1 Å². The van der Waals surface area contributed by atoms with Crippen molar-refractivity contribution in [3.8, 4) is 0 Å². The van der Waals surface area contributed by atoms with Crippen molar-refractivity contribution in [2.24, 2.45) is 17.8 Å². The standard InChI is InChI=1S/C37H45N3O9S/c1-34(49-33(41)22-12-6-7-13-24(22)39-50(44,45)26-14-8-10-21-11-9-17-38-31(21)26)16-15-30(47-4)36-27(34)19-29(40(36)2)35(42)20-25(46-3)23-18-28(36)37(35,43)32(23)48-5/h6-14,17,23,25,27-30,32,39,42-43H,15-16,18-20H2,1-5H3/t23-,25+,27?,28?,29?,30+,32+,34?,35+,36?,37+/m1/s1. The number of ether oxygens (including phenoxy) is 4. The van der Waals surface area contributed by atoms with E-state index in [1.807, 2.05) is 14.0 Å². The van der Waals surface area contributed by atoms with E-state index in [9.17, 15) is 23.4 Å². The highest BCUT2D eigenvalue weighted by molar-refractivity contribution is 7.93. The smallest absolute Gasteiger partial charge is 0.340 e. The zero-order valence-corrected chi connectivity index (χ0v) is 29.7. The molecule has 8 rings (SSSR count). The second-order valence-corrected chi connectivity index (χ2v) is 16.7. The van der Waals surface area contributed by atoms with Crippen molar-refractivity contribution in [1.29, 1.82) is 0 Å². The van der Waals surface area contributed by atoms with Crippen molar-refractivity contribution in [3.05, 3.63) is 66.4 Å². The van der Waals surface area contributed by atoms with Crippen LogP contribution in [0.3, 0.4) is 0 Å². The molecule has 4 bridgehead atoms. The molecule has 2 aliphatic heterocycles. The summed E-state index contributed by atoms with van der Waals surface area (Å²) in [5.74, 6) is -1.62. The first-order chi connectivity index (χ1) is 23.8. The summed E-state index contributed by atoms with van der Waals surface area (Å²) in [4.78, 5) is 20.8. The molecular weight excluding hydrogens is 662 g/mol. The van der Waals surface area contributed by atoms with Gasteiger partial charge in [-0.15, -0.1) is 0 Å². The summed E-state index contributed by atoms with van der Waals surface area (Å²) in [7, 11) is 2.73. The highest BCUT2D eigenvalue weighted by Gasteiger charge is 2.86. The highest BCUT2D eigenvalue weighted by atomic mass is 32.2. The lowest BCUT2D eigenvalue weighted by atomic mass is 9.53. The molecule has 5 aliphatic rings. The fourth-order valence-electron chi connectivity index (χ4n) is 11.4. The number of sulfonamides is 1. The van der Waals surface area contributed by atoms with Crippen LogP contribution >= 0.6 is 0 Å². The third kappa shape index (κ3) is 4.22. The fourth-order valence-corrected chi connectivity index (χ4v) is 12.7. The zero-order chi connectivity index (χ0) is 35.4. The normalized spacial score (nSPS) is 40.4. The van der Waals surface area contributed by atoms with Crippen LogP contribution < -0.4 is 4.72 Å². The first kappa shape index (κ1) is 33.9. The lowest BCUT2D eigenvalue weighted by molar-refractivity contribution is -0.318. The quantitative estimate of drug-likeness (QED) is 0.295. The number of rotatable bonds is 8. The minimum Gasteiger partial charge on any atom is -0.455 e. The summed E-state index contributed by atoms with van der Waals surface area (Å²) in [6, 6.07) is 14.4. The monoisotopic (exact) mass is 707 g/mol. The molecule has 5 unspecified atom stereocenters. The van der Waals surface area contributed by atoms with E-state index in [1.165, 1.54) is 18.3 Å². The number of fused-ring (bicyclic) bond motifs is 4. The Morgan fingerprint density at radius 2 is 1.74 bits per heavy atom. The Balaban J connectivity index is 1.16. The lowest BCUT2D eigenvalue weighted by Gasteiger charge is -2.66. The van der Waals surface area contributed by atoms with Gasteiger partial charge >= 0.3 is 5.97 Å². The number of aromatic nitrogens is 1. The summed E-state index contributed by atoms with van der Waals surface area (Å²) in [5.41, 5.74) is -4.50. The van der Waals surface area contributed by atoms with Crippen molar-refractivity contribution in [1.82, 2.24) is 9.88 Å². The van der Waals surface area contributed by atoms with E-state index in [0.29, 0.717) is 36.6 Å². The van der Waals surface area contributed by atoms with Crippen molar-refractivity contribution in [3.63, 3.8) is 0 Å². The molecule has 12 nitrogen and oxygen atoms in total. The number of piperidine rings is 1. The van der Waals surface area contributed by atoms with Gasteiger partial charge in [0.2, 0.25) is 0 Å². The van der Waals surface area contributed by atoms with Gasteiger partial charge in [-0.3, -0.25) is 14.6 Å². The second kappa shape index (κ2) is 11.4. The fraction of sp³-hybridized carbons (Fsp3) is 0.568. The maximum absolute atomic E-state index is 14.3.